The van der Waals surface area contributed by atoms with Crippen molar-refractivity contribution in [3.8, 4) is 0 Å². The highest BCUT2D eigenvalue weighted by Gasteiger charge is 2.57. The maximum absolute atomic E-state index is 4.97. The van der Waals surface area contributed by atoms with E-state index < -0.39 is 0 Å². The van der Waals surface area contributed by atoms with Gasteiger partial charge in [-0.05, 0) is 61.5 Å². The Balaban J connectivity index is 1.35. The van der Waals surface area contributed by atoms with Crippen LogP contribution in [0, 0.1) is 5.92 Å². The van der Waals surface area contributed by atoms with Crippen molar-refractivity contribution in [1.29, 1.82) is 0 Å². The van der Waals surface area contributed by atoms with E-state index in [0.29, 0.717) is 17.3 Å². The first kappa shape index (κ1) is 19.3. The number of hydrogen-bond acceptors (Lipinski definition) is 3. The fourth-order valence-electron chi connectivity index (χ4n) is 5.92. The predicted molar refractivity (Wildman–Crippen MR) is 118 cm³/mol. The molecule has 0 amide bonds. The lowest BCUT2D eigenvalue weighted by Crippen LogP contribution is -2.36. The molecule has 3 heterocycles. The van der Waals surface area contributed by atoms with Crippen LogP contribution in [0.15, 0.2) is 24.3 Å². The second-order valence-electron chi connectivity index (χ2n) is 10.5. The van der Waals surface area contributed by atoms with Gasteiger partial charge in [-0.2, -0.15) is 5.10 Å². The SMILES string of the molecule is CC(C)c1ccc2c(c1)CN(C)CC21CC1CC(C)c1cc2n(n1)CCN(C)C2. The molecule has 156 valence electrons. The van der Waals surface area contributed by atoms with Crippen molar-refractivity contribution in [3.63, 3.8) is 0 Å². The molecule has 1 aromatic carbocycles. The second-order valence-corrected chi connectivity index (χ2v) is 10.5. The van der Waals surface area contributed by atoms with Crippen molar-refractivity contribution >= 4 is 0 Å². The number of nitrogens with zero attached hydrogens (tertiary/aromatic N) is 4. The van der Waals surface area contributed by atoms with Crippen molar-refractivity contribution in [2.75, 3.05) is 27.2 Å². The van der Waals surface area contributed by atoms with Crippen molar-refractivity contribution < 1.29 is 0 Å². The van der Waals surface area contributed by atoms with Gasteiger partial charge in [-0.25, -0.2) is 0 Å². The average molecular weight is 393 g/mol. The molecular weight excluding hydrogens is 356 g/mol. The molecule has 0 radical (unpaired) electrons. The Labute approximate surface area is 175 Å². The molecule has 1 saturated carbocycles. The molecule has 1 fully saturated rings. The largest absolute Gasteiger partial charge is 0.301 e. The standard InChI is InChI=1S/C25H36N4/c1-17(2)19-6-7-23-20(11-19)14-28(5)16-25(23)13-21(25)10-18(3)24-12-22-15-27(4)8-9-29(22)26-24/h6-7,11-12,17-18,21H,8-10,13-16H2,1-5H3. The van der Waals surface area contributed by atoms with Gasteiger partial charge in [0.2, 0.25) is 0 Å². The zero-order valence-corrected chi connectivity index (χ0v) is 18.8. The highest BCUT2D eigenvalue weighted by Crippen LogP contribution is 2.60. The molecule has 4 nitrogen and oxygen atoms in total. The second kappa shape index (κ2) is 6.95. The Morgan fingerprint density at radius 1 is 1.07 bits per heavy atom. The molecule has 2 aliphatic heterocycles. The first-order chi connectivity index (χ1) is 13.9. The molecular formula is C25H36N4. The lowest BCUT2D eigenvalue weighted by Gasteiger charge is -2.34. The Hall–Kier alpha value is -1.65. The van der Waals surface area contributed by atoms with Gasteiger partial charge in [-0.1, -0.05) is 39.0 Å². The van der Waals surface area contributed by atoms with Gasteiger partial charge >= 0.3 is 0 Å². The summed E-state index contributed by atoms with van der Waals surface area (Å²) in [4.78, 5) is 4.93. The number of fused-ring (bicyclic) bond motifs is 3. The van der Waals surface area contributed by atoms with Gasteiger partial charge in [-0.15, -0.1) is 0 Å². The summed E-state index contributed by atoms with van der Waals surface area (Å²) in [6.07, 6.45) is 2.59. The van der Waals surface area contributed by atoms with Crippen molar-refractivity contribution in [1.82, 2.24) is 19.6 Å². The number of aromatic nitrogens is 2. The lowest BCUT2D eigenvalue weighted by molar-refractivity contribution is 0.256. The summed E-state index contributed by atoms with van der Waals surface area (Å²) in [5.41, 5.74) is 7.76. The van der Waals surface area contributed by atoms with Gasteiger partial charge in [0.1, 0.15) is 0 Å². The van der Waals surface area contributed by atoms with E-state index in [1.54, 1.807) is 11.1 Å². The molecule has 2 aromatic rings. The van der Waals surface area contributed by atoms with E-state index in [1.165, 1.54) is 36.3 Å². The van der Waals surface area contributed by atoms with Crippen molar-refractivity contribution in [3.05, 3.63) is 52.3 Å². The summed E-state index contributed by atoms with van der Waals surface area (Å²) < 4.78 is 2.24. The Morgan fingerprint density at radius 2 is 1.90 bits per heavy atom. The summed E-state index contributed by atoms with van der Waals surface area (Å²) in [6.45, 7) is 12.5. The van der Waals surface area contributed by atoms with Crippen molar-refractivity contribution in [2.24, 2.45) is 5.92 Å². The third-order valence-corrected chi connectivity index (χ3v) is 7.71. The van der Waals surface area contributed by atoms with E-state index in [4.69, 9.17) is 5.10 Å². The maximum Gasteiger partial charge on any atom is 0.0656 e. The van der Waals surface area contributed by atoms with Crippen LogP contribution in [0.3, 0.4) is 0 Å². The number of benzene rings is 1. The van der Waals surface area contributed by atoms with E-state index in [2.05, 4.69) is 73.6 Å². The third-order valence-electron chi connectivity index (χ3n) is 7.71. The molecule has 0 bridgehead atoms. The molecule has 1 spiro atoms. The van der Waals surface area contributed by atoms with Crippen LogP contribution in [-0.2, 0) is 25.0 Å². The van der Waals surface area contributed by atoms with Crippen LogP contribution in [0.4, 0.5) is 0 Å². The monoisotopic (exact) mass is 392 g/mol. The first-order valence-electron chi connectivity index (χ1n) is 11.4. The third kappa shape index (κ3) is 3.34. The lowest BCUT2D eigenvalue weighted by atomic mass is 9.82. The smallest absolute Gasteiger partial charge is 0.0656 e. The van der Waals surface area contributed by atoms with Gasteiger partial charge in [-0.3, -0.25) is 9.58 Å². The normalized spacial score (nSPS) is 27.9. The van der Waals surface area contributed by atoms with Gasteiger partial charge in [0.25, 0.3) is 0 Å². The Bertz CT molecular complexity index is 914. The number of hydrogen-bond donors (Lipinski definition) is 0. The van der Waals surface area contributed by atoms with Crippen LogP contribution >= 0.6 is 0 Å². The summed E-state index contributed by atoms with van der Waals surface area (Å²) in [6, 6.07) is 9.70. The fourth-order valence-corrected chi connectivity index (χ4v) is 5.92. The number of rotatable bonds is 4. The molecule has 0 saturated heterocycles. The van der Waals surface area contributed by atoms with E-state index in [0.717, 1.165) is 32.1 Å². The molecule has 29 heavy (non-hydrogen) atoms. The van der Waals surface area contributed by atoms with Gasteiger partial charge in [0.05, 0.1) is 17.9 Å². The summed E-state index contributed by atoms with van der Waals surface area (Å²) in [7, 11) is 4.50. The van der Waals surface area contributed by atoms with E-state index in [9.17, 15) is 0 Å². The highest BCUT2D eigenvalue weighted by atomic mass is 15.3. The topological polar surface area (TPSA) is 24.3 Å². The van der Waals surface area contributed by atoms with Crippen molar-refractivity contribution in [2.45, 2.75) is 70.5 Å². The minimum absolute atomic E-state index is 0.381. The van der Waals surface area contributed by atoms with E-state index >= 15 is 0 Å². The first-order valence-corrected chi connectivity index (χ1v) is 11.4. The van der Waals surface area contributed by atoms with Crippen LogP contribution < -0.4 is 0 Å². The minimum atomic E-state index is 0.381. The molecule has 3 aliphatic rings. The van der Waals surface area contributed by atoms with Crippen LogP contribution in [-0.4, -0.2) is 46.8 Å². The molecule has 0 N–H and O–H groups in total. The molecule has 4 heteroatoms. The zero-order valence-electron chi connectivity index (χ0n) is 18.8. The average Bonchev–Trinajstić information content (AvgIpc) is 3.15. The maximum atomic E-state index is 4.97. The molecule has 1 aromatic heterocycles. The Kier molecular flexibility index (Phi) is 4.63. The van der Waals surface area contributed by atoms with Crippen LogP contribution in [0.5, 0.6) is 0 Å². The predicted octanol–water partition coefficient (Wildman–Crippen LogP) is 4.35. The summed E-state index contributed by atoms with van der Waals surface area (Å²) >= 11 is 0. The molecule has 5 rings (SSSR count). The van der Waals surface area contributed by atoms with Gasteiger partial charge in [0.15, 0.2) is 0 Å². The number of likely N-dealkylation sites (N-methyl/N-ethyl adjacent to an activating group) is 2. The van der Waals surface area contributed by atoms with Gasteiger partial charge in [0, 0.05) is 37.5 Å². The molecule has 1 aliphatic carbocycles. The summed E-state index contributed by atoms with van der Waals surface area (Å²) in [5, 5.41) is 4.97. The van der Waals surface area contributed by atoms with Crippen LogP contribution in [0.25, 0.3) is 0 Å². The van der Waals surface area contributed by atoms with Crippen LogP contribution in [0.2, 0.25) is 0 Å². The van der Waals surface area contributed by atoms with Gasteiger partial charge < -0.3 is 4.90 Å². The molecule has 3 unspecified atom stereocenters. The Morgan fingerprint density at radius 3 is 2.69 bits per heavy atom. The summed E-state index contributed by atoms with van der Waals surface area (Å²) in [5.74, 6) is 1.92. The minimum Gasteiger partial charge on any atom is -0.301 e. The van der Waals surface area contributed by atoms with Crippen LogP contribution in [0.1, 0.15) is 73.5 Å². The van der Waals surface area contributed by atoms with E-state index in [-0.39, 0.29) is 0 Å². The quantitative estimate of drug-likeness (QED) is 0.773. The fraction of sp³-hybridized carbons (Fsp3) is 0.640. The zero-order chi connectivity index (χ0) is 20.3. The van der Waals surface area contributed by atoms with E-state index in [1.807, 2.05) is 0 Å². The molecule has 3 atom stereocenters. The highest BCUT2D eigenvalue weighted by molar-refractivity contribution is 5.45.